The third-order valence-electron chi connectivity index (χ3n) is 2.29. The van der Waals surface area contributed by atoms with Gasteiger partial charge < -0.3 is 5.32 Å². The maximum Gasteiger partial charge on any atom is 0.144 e. The normalized spacial score (nSPS) is 12.5. The SMILES string of the molecule is C=CCC(C)NCc1c(F)ccc(Br)c1F. The molecule has 1 rings (SSSR count). The lowest BCUT2D eigenvalue weighted by molar-refractivity contribution is 0.500. The summed E-state index contributed by atoms with van der Waals surface area (Å²) in [5.41, 5.74) is 0.0605. The van der Waals surface area contributed by atoms with Gasteiger partial charge in [-0.15, -0.1) is 6.58 Å². The molecule has 1 aromatic carbocycles. The Bertz CT molecular complexity index is 380. The highest BCUT2D eigenvalue weighted by molar-refractivity contribution is 9.10. The summed E-state index contributed by atoms with van der Waals surface area (Å²) in [4.78, 5) is 0. The van der Waals surface area contributed by atoms with E-state index >= 15 is 0 Å². The highest BCUT2D eigenvalue weighted by Crippen LogP contribution is 2.21. The summed E-state index contributed by atoms with van der Waals surface area (Å²) < 4.78 is 27.2. The van der Waals surface area contributed by atoms with E-state index in [0.29, 0.717) is 0 Å². The molecule has 0 radical (unpaired) electrons. The van der Waals surface area contributed by atoms with Gasteiger partial charge in [0.1, 0.15) is 11.6 Å². The lowest BCUT2D eigenvalue weighted by Crippen LogP contribution is -2.25. The molecular formula is C12H14BrF2N. The minimum absolute atomic E-state index is 0.0605. The van der Waals surface area contributed by atoms with Crippen molar-refractivity contribution < 1.29 is 8.78 Å². The van der Waals surface area contributed by atoms with Crippen molar-refractivity contribution in [2.45, 2.75) is 25.9 Å². The van der Waals surface area contributed by atoms with Crippen LogP contribution in [0.2, 0.25) is 0 Å². The molecule has 0 spiro atoms. The van der Waals surface area contributed by atoms with Gasteiger partial charge in [0.2, 0.25) is 0 Å². The molecule has 0 saturated heterocycles. The molecule has 1 atom stereocenters. The second-order valence-electron chi connectivity index (χ2n) is 3.63. The molecule has 0 bridgehead atoms. The Labute approximate surface area is 103 Å². The van der Waals surface area contributed by atoms with Gasteiger partial charge in [-0.1, -0.05) is 6.08 Å². The number of hydrogen-bond donors (Lipinski definition) is 1. The first-order valence-electron chi connectivity index (χ1n) is 5.03. The lowest BCUT2D eigenvalue weighted by atomic mass is 10.1. The molecular weight excluding hydrogens is 276 g/mol. The van der Waals surface area contributed by atoms with Crippen LogP contribution in [-0.4, -0.2) is 6.04 Å². The summed E-state index contributed by atoms with van der Waals surface area (Å²) in [6.45, 7) is 5.72. The Kier molecular flexibility index (Phi) is 5.09. The number of hydrogen-bond acceptors (Lipinski definition) is 1. The molecule has 0 aromatic heterocycles. The predicted molar refractivity (Wildman–Crippen MR) is 65.2 cm³/mol. The zero-order valence-electron chi connectivity index (χ0n) is 9.06. The molecule has 0 heterocycles. The second-order valence-corrected chi connectivity index (χ2v) is 4.48. The first-order chi connectivity index (χ1) is 7.56. The predicted octanol–water partition coefficient (Wildman–Crippen LogP) is 3.78. The largest absolute Gasteiger partial charge is 0.310 e. The molecule has 88 valence electrons. The summed E-state index contributed by atoms with van der Waals surface area (Å²) >= 11 is 3.03. The maximum atomic E-state index is 13.6. The number of benzene rings is 1. The summed E-state index contributed by atoms with van der Waals surface area (Å²) in [5, 5.41) is 3.04. The van der Waals surface area contributed by atoms with Crippen LogP contribution >= 0.6 is 15.9 Å². The van der Waals surface area contributed by atoms with Gasteiger partial charge in [-0.05, 0) is 41.4 Å². The first-order valence-corrected chi connectivity index (χ1v) is 5.82. The van der Waals surface area contributed by atoms with Gasteiger partial charge in [0.25, 0.3) is 0 Å². The maximum absolute atomic E-state index is 13.6. The summed E-state index contributed by atoms with van der Waals surface area (Å²) in [7, 11) is 0. The first kappa shape index (κ1) is 13.3. The highest BCUT2D eigenvalue weighted by atomic mass is 79.9. The van der Waals surface area contributed by atoms with E-state index in [4.69, 9.17) is 0 Å². The minimum Gasteiger partial charge on any atom is -0.310 e. The van der Waals surface area contributed by atoms with Gasteiger partial charge in [0.15, 0.2) is 0 Å². The van der Waals surface area contributed by atoms with E-state index in [1.807, 2.05) is 6.92 Å². The van der Waals surface area contributed by atoms with Crippen molar-refractivity contribution in [2.24, 2.45) is 0 Å². The highest BCUT2D eigenvalue weighted by Gasteiger charge is 2.12. The van der Waals surface area contributed by atoms with E-state index in [9.17, 15) is 8.78 Å². The van der Waals surface area contributed by atoms with Crippen LogP contribution in [0.15, 0.2) is 29.3 Å². The molecule has 1 aromatic rings. The molecule has 0 amide bonds. The van der Waals surface area contributed by atoms with Crippen molar-refractivity contribution in [2.75, 3.05) is 0 Å². The third-order valence-corrected chi connectivity index (χ3v) is 2.90. The van der Waals surface area contributed by atoms with Crippen LogP contribution in [0.5, 0.6) is 0 Å². The number of halogens is 3. The van der Waals surface area contributed by atoms with Crippen LogP contribution < -0.4 is 5.32 Å². The van der Waals surface area contributed by atoms with Gasteiger partial charge in [-0.3, -0.25) is 0 Å². The van der Waals surface area contributed by atoms with Crippen LogP contribution in [0.1, 0.15) is 18.9 Å². The molecule has 0 aliphatic rings. The van der Waals surface area contributed by atoms with Gasteiger partial charge in [0, 0.05) is 18.2 Å². The zero-order chi connectivity index (χ0) is 12.1. The number of nitrogens with one attached hydrogen (secondary N) is 1. The average Bonchev–Trinajstić information content (AvgIpc) is 2.24. The molecule has 1 unspecified atom stereocenters. The molecule has 1 nitrogen and oxygen atoms in total. The Morgan fingerprint density at radius 2 is 2.19 bits per heavy atom. The molecule has 1 N–H and O–H groups in total. The standard InChI is InChI=1S/C12H14BrF2N/c1-3-4-8(2)16-7-9-11(14)6-5-10(13)12(9)15/h3,5-6,8,16H,1,4,7H2,2H3. The van der Waals surface area contributed by atoms with E-state index < -0.39 is 11.6 Å². The quantitative estimate of drug-likeness (QED) is 0.643. The van der Waals surface area contributed by atoms with E-state index in [1.165, 1.54) is 12.1 Å². The van der Waals surface area contributed by atoms with Crippen LogP contribution in [0, 0.1) is 11.6 Å². The Morgan fingerprint density at radius 1 is 1.50 bits per heavy atom. The smallest absolute Gasteiger partial charge is 0.144 e. The molecule has 16 heavy (non-hydrogen) atoms. The van der Waals surface area contributed by atoms with Crippen molar-refractivity contribution in [3.63, 3.8) is 0 Å². The fourth-order valence-corrected chi connectivity index (χ4v) is 1.71. The van der Waals surface area contributed by atoms with Crippen molar-refractivity contribution in [3.05, 3.63) is 46.5 Å². The van der Waals surface area contributed by atoms with Gasteiger partial charge in [-0.2, -0.15) is 0 Å². The fourth-order valence-electron chi connectivity index (χ4n) is 1.34. The molecule has 0 aliphatic heterocycles. The van der Waals surface area contributed by atoms with Gasteiger partial charge >= 0.3 is 0 Å². The van der Waals surface area contributed by atoms with Crippen molar-refractivity contribution in [1.82, 2.24) is 5.32 Å². The lowest BCUT2D eigenvalue weighted by Gasteiger charge is -2.13. The van der Waals surface area contributed by atoms with E-state index in [0.717, 1.165) is 6.42 Å². The van der Waals surface area contributed by atoms with Crippen molar-refractivity contribution in [1.29, 1.82) is 0 Å². The van der Waals surface area contributed by atoms with E-state index in [2.05, 4.69) is 27.8 Å². The molecule has 4 heteroatoms. The second kappa shape index (κ2) is 6.11. The van der Waals surface area contributed by atoms with Crippen LogP contribution in [0.25, 0.3) is 0 Å². The Balaban J connectivity index is 2.73. The van der Waals surface area contributed by atoms with Crippen molar-refractivity contribution in [3.8, 4) is 0 Å². The third kappa shape index (κ3) is 3.39. The minimum atomic E-state index is -0.543. The van der Waals surface area contributed by atoms with Crippen LogP contribution in [0.4, 0.5) is 8.78 Å². The monoisotopic (exact) mass is 289 g/mol. The average molecular weight is 290 g/mol. The van der Waals surface area contributed by atoms with Gasteiger partial charge in [-0.25, -0.2) is 8.78 Å². The summed E-state index contributed by atoms with van der Waals surface area (Å²) in [6.07, 6.45) is 2.53. The summed E-state index contributed by atoms with van der Waals surface area (Å²) in [6, 6.07) is 2.76. The fraction of sp³-hybridized carbons (Fsp3) is 0.333. The van der Waals surface area contributed by atoms with Crippen molar-refractivity contribution >= 4 is 15.9 Å². The Morgan fingerprint density at radius 3 is 2.81 bits per heavy atom. The summed E-state index contributed by atoms with van der Waals surface area (Å²) in [5.74, 6) is -1.07. The Hall–Kier alpha value is -0.740. The molecule has 0 aliphatic carbocycles. The molecule has 0 fully saturated rings. The zero-order valence-corrected chi connectivity index (χ0v) is 10.7. The van der Waals surface area contributed by atoms with Crippen LogP contribution in [0.3, 0.4) is 0 Å². The number of rotatable bonds is 5. The van der Waals surface area contributed by atoms with Gasteiger partial charge in [0.05, 0.1) is 4.47 Å². The molecule has 0 saturated carbocycles. The topological polar surface area (TPSA) is 12.0 Å². The van der Waals surface area contributed by atoms with E-state index in [-0.39, 0.29) is 22.6 Å². The van der Waals surface area contributed by atoms with E-state index in [1.54, 1.807) is 6.08 Å². The van der Waals surface area contributed by atoms with Crippen LogP contribution in [-0.2, 0) is 6.54 Å².